The van der Waals surface area contributed by atoms with E-state index in [1.807, 2.05) is 173 Å². The van der Waals surface area contributed by atoms with Crippen LogP contribution in [0.2, 0.25) is 0 Å². The van der Waals surface area contributed by atoms with Crippen LogP contribution in [0, 0.1) is 34.6 Å². The first kappa shape index (κ1) is 46.0. The molecule has 0 aromatic carbocycles. The SMILES string of the molecule is Cc1ccnc(-c2ccccn2)c1.Cc1ccnc(-c2ccccn2)c1.Cc1ccncc1-c1cccnc1.Cc1cncc(-c2cccnc2)c1.Cc1cnccc1-c1ccncc1. The quantitative estimate of drug-likeness (QED) is 0.165. The van der Waals surface area contributed by atoms with Crippen LogP contribution in [-0.2, 0) is 0 Å². The van der Waals surface area contributed by atoms with Crippen molar-refractivity contribution in [2.45, 2.75) is 34.6 Å². The summed E-state index contributed by atoms with van der Waals surface area (Å²) in [4.78, 5) is 41.4. The summed E-state index contributed by atoms with van der Waals surface area (Å²) in [6.07, 6.45) is 29.0. The maximum Gasteiger partial charge on any atom is 0.0888 e. The van der Waals surface area contributed by atoms with Gasteiger partial charge in [-0.2, -0.15) is 0 Å². The maximum atomic E-state index is 4.25. The zero-order valence-electron chi connectivity index (χ0n) is 37.2. The van der Waals surface area contributed by atoms with E-state index in [-0.39, 0.29) is 0 Å². The number of nitrogens with zero attached hydrogens (tertiary/aromatic N) is 10. The zero-order valence-corrected chi connectivity index (χ0v) is 37.2. The third kappa shape index (κ3) is 14.8. The molecule has 0 fully saturated rings. The molecular formula is C55H50N10. The van der Waals surface area contributed by atoms with E-state index in [1.54, 1.807) is 55.8 Å². The van der Waals surface area contributed by atoms with Crippen LogP contribution in [0.1, 0.15) is 27.8 Å². The second-order valence-corrected chi connectivity index (χ2v) is 14.7. The lowest BCUT2D eigenvalue weighted by atomic mass is 10.0. The summed E-state index contributed by atoms with van der Waals surface area (Å²) in [5.74, 6) is 0. The third-order valence-corrected chi connectivity index (χ3v) is 9.58. The maximum absolute atomic E-state index is 4.25. The van der Waals surface area contributed by atoms with Gasteiger partial charge in [-0.05, 0) is 165 Å². The van der Waals surface area contributed by atoms with Crippen LogP contribution in [0.25, 0.3) is 56.2 Å². The highest BCUT2D eigenvalue weighted by molar-refractivity contribution is 5.66. The Balaban J connectivity index is 0.000000135. The van der Waals surface area contributed by atoms with Crippen molar-refractivity contribution in [1.82, 2.24) is 49.8 Å². The average Bonchev–Trinajstić information content (AvgIpc) is 3.36. The minimum atomic E-state index is 0.922. The molecule has 0 saturated carbocycles. The van der Waals surface area contributed by atoms with Gasteiger partial charge in [0.05, 0.1) is 22.8 Å². The molecule has 0 aliphatic heterocycles. The Kier molecular flexibility index (Phi) is 17.6. The molecule has 10 heteroatoms. The van der Waals surface area contributed by atoms with E-state index >= 15 is 0 Å². The summed E-state index contributed by atoms with van der Waals surface area (Å²) < 4.78 is 0. The molecule has 0 bridgehead atoms. The Labute approximate surface area is 381 Å². The third-order valence-electron chi connectivity index (χ3n) is 9.58. The average molecular weight is 851 g/mol. The van der Waals surface area contributed by atoms with Crippen LogP contribution in [0.15, 0.2) is 214 Å². The fourth-order valence-electron chi connectivity index (χ4n) is 6.24. The van der Waals surface area contributed by atoms with Gasteiger partial charge in [0, 0.05) is 121 Å². The smallest absolute Gasteiger partial charge is 0.0888 e. The van der Waals surface area contributed by atoms with Crippen LogP contribution in [-0.4, -0.2) is 49.8 Å². The molecule has 0 radical (unpaired) electrons. The molecule has 0 unspecified atom stereocenters. The van der Waals surface area contributed by atoms with Crippen LogP contribution in [0.4, 0.5) is 0 Å². The van der Waals surface area contributed by atoms with E-state index in [9.17, 15) is 0 Å². The van der Waals surface area contributed by atoms with E-state index in [2.05, 4.69) is 69.8 Å². The van der Waals surface area contributed by atoms with E-state index in [0.29, 0.717) is 0 Å². The summed E-state index contributed by atoms with van der Waals surface area (Å²) in [6.45, 7) is 10.3. The number of hydrogen-bond donors (Lipinski definition) is 0. The van der Waals surface area contributed by atoms with Gasteiger partial charge >= 0.3 is 0 Å². The summed E-state index contributed by atoms with van der Waals surface area (Å²) >= 11 is 0. The molecule has 0 spiro atoms. The monoisotopic (exact) mass is 850 g/mol. The van der Waals surface area contributed by atoms with Gasteiger partial charge in [-0.1, -0.05) is 24.3 Å². The molecule has 0 N–H and O–H groups in total. The van der Waals surface area contributed by atoms with Crippen molar-refractivity contribution in [3.8, 4) is 56.2 Å². The first-order chi connectivity index (χ1) is 31.8. The molecule has 0 atom stereocenters. The van der Waals surface area contributed by atoms with Crippen LogP contribution >= 0.6 is 0 Å². The Hall–Kier alpha value is -8.50. The largest absolute Gasteiger partial charge is 0.265 e. The summed E-state index contributed by atoms with van der Waals surface area (Å²) in [5.41, 5.74) is 16.6. The normalized spacial score (nSPS) is 9.92. The molecule has 320 valence electrons. The second-order valence-electron chi connectivity index (χ2n) is 14.7. The molecule has 0 amide bonds. The fourth-order valence-corrected chi connectivity index (χ4v) is 6.24. The molecule has 10 aromatic heterocycles. The van der Waals surface area contributed by atoms with Gasteiger partial charge in [0.15, 0.2) is 0 Å². The minimum Gasteiger partial charge on any atom is -0.265 e. The number of rotatable bonds is 5. The number of aryl methyl sites for hydroxylation is 5. The van der Waals surface area contributed by atoms with E-state index in [4.69, 9.17) is 0 Å². The van der Waals surface area contributed by atoms with Crippen molar-refractivity contribution in [3.05, 3.63) is 242 Å². The summed E-state index contributed by atoms with van der Waals surface area (Å²) in [5, 5.41) is 0. The molecule has 65 heavy (non-hydrogen) atoms. The van der Waals surface area contributed by atoms with Gasteiger partial charge < -0.3 is 0 Å². The van der Waals surface area contributed by atoms with Crippen molar-refractivity contribution >= 4 is 0 Å². The lowest BCUT2D eigenvalue weighted by Crippen LogP contribution is -1.86. The first-order valence-electron chi connectivity index (χ1n) is 21.0. The molecule has 10 aromatic rings. The standard InChI is InChI=1S/5C11H10N2/c1-9-8-13-7-4-11(9)10-2-5-12-6-3-10;1-9-4-6-13-8-11(9)10-3-2-5-12-7-10;1-9-5-11(8-13-6-9)10-3-2-4-12-7-10;2*1-9-5-7-13-11(8-9)10-4-2-3-6-12-10/h5*2-8H,1H3. The Morgan fingerprint density at radius 2 is 0.800 bits per heavy atom. The van der Waals surface area contributed by atoms with E-state index in [0.717, 1.165) is 45.0 Å². The van der Waals surface area contributed by atoms with E-state index in [1.165, 1.54) is 38.9 Å². The predicted molar refractivity (Wildman–Crippen MR) is 261 cm³/mol. The molecular weight excluding hydrogens is 801 g/mol. The Morgan fingerprint density at radius 1 is 0.262 bits per heavy atom. The second kappa shape index (κ2) is 24.8. The highest BCUT2D eigenvalue weighted by Crippen LogP contribution is 2.22. The van der Waals surface area contributed by atoms with Gasteiger partial charge in [0.25, 0.3) is 0 Å². The van der Waals surface area contributed by atoms with Crippen molar-refractivity contribution in [2.24, 2.45) is 0 Å². The van der Waals surface area contributed by atoms with Crippen LogP contribution in [0.5, 0.6) is 0 Å². The van der Waals surface area contributed by atoms with Crippen molar-refractivity contribution in [1.29, 1.82) is 0 Å². The summed E-state index contributed by atoms with van der Waals surface area (Å²) in [7, 11) is 0. The number of pyridine rings is 10. The number of aromatic nitrogens is 10. The highest BCUT2D eigenvalue weighted by atomic mass is 14.8. The van der Waals surface area contributed by atoms with Crippen molar-refractivity contribution < 1.29 is 0 Å². The topological polar surface area (TPSA) is 129 Å². The van der Waals surface area contributed by atoms with Crippen LogP contribution in [0.3, 0.4) is 0 Å². The Morgan fingerprint density at radius 3 is 1.32 bits per heavy atom. The number of hydrogen-bond acceptors (Lipinski definition) is 10. The minimum absolute atomic E-state index is 0.922. The molecule has 0 aliphatic rings. The fraction of sp³-hybridized carbons (Fsp3) is 0.0909. The van der Waals surface area contributed by atoms with Gasteiger partial charge in [-0.25, -0.2) is 0 Å². The van der Waals surface area contributed by atoms with Gasteiger partial charge in [-0.15, -0.1) is 0 Å². The molecule has 10 nitrogen and oxygen atoms in total. The highest BCUT2D eigenvalue weighted by Gasteiger charge is 2.02. The van der Waals surface area contributed by atoms with Crippen LogP contribution < -0.4 is 0 Å². The molecule has 0 aliphatic carbocycles. The van der Waals surface area contributed by atoms with E-state index < -0.39 is 0 Å². The zero-order chi connectivity index (χ0) is 45.5. The summed E-state index contributed by atoms with van der Waals surface area (Å²) in [6, 6.07) is 37.7. The lowest BCUT2D eigenvalue weighted by Gasteiger charge is -2.03. The van der Waals surface area contributed by atoms with Crippen molar-refractivity contribution in [3.63, 3.8) is 0 Å². The molecule has 0 saturated heterocycles. The van der Waals surface area contributed by atoms with Crippen molar-refractivity contribution in [2.75, 3.05) is 0 Å². The molecule has 10 rings (SSSR count). The Bertz CT molecular complexity index is 2650. The van der Waals surface area contributed by atoms with Gasteiger partial charge in [0.1, 0.15) is 0 Å². The van der Waals surface area contributed by atoms with Gasteiger partial charge in [0.2, 0.25) is 0 Å². The molecule has 10 heterocycles. The lowest BCUT2D eigenvalue weighted by molar-refractivity contribution is 1.23. The first-order valence-corrected chi connectivity index (χ1v) is 21.0. The van der Waals surface area contributed by atoms with Gasteiger partial charge in [-0.3, -0.25) is 49.8 Å². The predicted octanol–water partition coefficient (Wildman–Crippen LogP) is 12.3.